The zero-order valence-corrected chi connectivity index (χ0v) is 11.1. The number of nitrogens with one attached hydrogen (secondary N) is 1. The second-order valence-corrected chi connectivity index (χ2v) is 6.64. The Balaban J connectivity index is 1.66. The maximum Gasteiger partial charge on any atom is 0.214 e. The Bertz CT molecular complexity index is 644. The molecule has 0 amide bonds. The highest BCUT2D eigenvalue weighted by Gasteiger charge is 2.35. The van der Waals surface area contributed by atoms with E-state index in [2.05, 4.69) is 9.71 Å². The van der Waals surface area contributed by atoms with Crippen molar-refractivity contribution in [3.8, 4) is 11.5 Å². The van der Waals surface area contributed by atoms with Crippen LogP contribution in [0, 0.1) is 0 Å². The van der Waals surface area contributed by atoms with Crippen molar-refractivity contribution in [3.05, 3.63) is 42.3 Å². The van der Waals surface area contributed by atoms with E-state index in [0.29, 0.717) is 5.76 Å². The van der Waals surface area contributed by atoms with E-state index in [1.807, 2.05) is 18.2 Å². The third-order valence-electron chi connectivity index (χ3n) is 3.04. The molecule has 0 atom stereocenters. The van der Waals surface area contributed by atoms with Gasteiger partial charge in [-0.2, -0.15) is 0 Å². The molecule has 0 spiro atoms. The van der Waals surface area contributed by atoms with Crippen molar-refractivity contribution in [2.24, 2.45) is 0 Å². The lowest BCUT2D eigenvalue weighted by Crippen LogP contribution is -2.26. The van der Waals surface area contributed by atoms with E-state index >= 15 is 0 Å². The molecule has 2 aromatic heterocycles. The molecule has 6 heteroatoms. The molecule has 0 radical (unpaired) electrons. The Hall–Kier alpha value is -1.66. The predicted molar refractivity (Wildman–Crippen MR) is 70.7 cm³/mol. The van der Waals surface area contributed by atoms with Gasteiger partial charge in [-0.3, -0.25) is 4.98 Å². The van der Waals surface area contributed by atoms with Gasteiger partial charge in [-0.1, -0.05) is 6.07 Å². The Labute approximate surface area is 111 Å². The van der Waals surface area contributed by atoms with E-state index in [0.717, 1.165) is 24.1 Å². The van der Waals surface area contributed by atoms with Crippen molar-refractivity contribution in [2.75, 3.05) is 0 Å². The molecule has 1 aliphatic rings. The summed E-state index contributed by atoms with van der Waals surface area (Å²) < 4.78 is 31.2. The number of furan rings is 1. The Kier molecular flexibility index (Phi) is 3.12. The molecule has 1 saturated carbocycles. The monoisotopic (exact) mass is 278 g/mol. The van der Waals surface area contributed by atoms with Gasteiger partial charge in [-0.15, -0.1) is 0 Å². The zero-order valence-electron chi connectivity index (χ0n) is 10.2. The number of pyridine rings is 1. The summed E-state index contributed by atoms with van der Waals surface area (Å²) in [5.41, 5.74) is 1.57. The first-order chi connectivity index (χ1) is 9.15. The molecule has 1 N–H and O–H groups in total. The highest BCUT2D eigenvalue weighted by atomic mass is 32.2. The molecule has 1 fully saturated rings. The molecule has 19 heavy (non-hydrogen) atoms. The van der Waals surface area contributed by atoms with Crippen LogP contribution < -0.4 is 4.72 Å². The summed E-state index contributed by atoms with van der Waals surface area (Å²) in [6, 6.07) is 7.30. The number of hydrogen-bond acceptors (Lipinski definition) is 4. The molecular weight excluding hydrogens is 264 g/mol. The first kappa shape index (κ1) is 12.4. The van der Waals surface area contributed by atoms with Gasteiger partial charge in [-0.05, 0) is 36.6 Å². The normalized spacial score (nSPS) is 15.6. The molecule has 2 aromatic rings. The standard InChI is InChI=1S/C13H14N2O3S/c16-19(17,11-4-5-11)15-9-10-3-6-12(14-8-10)13-2-1-7-18-13/h1-3,6-8,11,15H,4-5,9H2. The average molecular weight is 278 g/mol. The minimum atomic E-state index is -3.13. The molecule has 5 nitrogen and oxygen atoms in total. The van der Waals surface area contributed by atoms with Crippen molar-refractivity contribution >= 4 is 10.0 Å². The fraction of sp³-hybridized carbons (Fsp3) is 0.308. The number of rotatable bonds is 5. The molecule has 0 unspecified atom stereocenters. The number of sulfonamides is 1. The van der Waals surface area contributed by atoms with Crippen LogP contribution in [0.4, 0.5) is 0 Å². The summed E-state index contributed by atoms with van der Waals surface area (Å²) >= 11 is 0. The number of nitrogens with zero attached hydrogens (tertiary/aromatic N) is 1. The van der Waals surface area contributed by atoms with E-state index < -0.39 is 10.0 Å². The van der Waals surface area contributed by atoms with Crippen LogP contribution in [-0.2, 0) is 16.6 Å². The third kappa shape index (κ3) is 2.85. The molecule has 3 rings (SSSR count). The molecule has 0 saturated heterocycles. The first-order valence-corrected chi connectivity index (χ1v) is 7.67. The second kappa shape index (κ2) is 4.79. The summed E-state index contributed by atoms with van der Waals surface area (Å²) in [5.74, 6) is 0.699. The van der Waals surface area contributed by atoms with Gasteiger partial charge in [0.1, 0.15) is 5.69 Å². The predicted octanol–water partition coefficient (Wildman–Crippen LogP) is 1.92. The number of hydrogen-bond donors (Lipinski definition) is 1. The average Bonchev–Trinajstić information content (AvgIpc) is 3.15. The highest BCUT2D eigenvalue weighted by Crippen LogP contribution is 2.27. The van der Waals surface area contributed by atoms with E-state index in [4.69, 9.17) is 4.42 Å². The quantitative estimate of drug-likeness (QED) is 0.907. The fourth-order valence-electron chi connectivity index (χ4n) is 1.78. The van der Waals surface area contributed by atoms with Crippen LogP contribution >= 0.6 is 0 Å². The van der Waals surface area contributed by atoms with Gasteiger partial charge in [0.05, 0.1) is 11.5 Å². The maximum absolute atomic E-state index is 11.7. The zero-order chi connectivity index (χ0) is 13.3. The van der Waals surface area contributed by atoms with Gasteiger partial charge < -0.3 is 4.42 Å². The van der Waals surface area contributed by atoms with Gasteiger partial charge in [0.25, 0.3) is 0 Å². The van der Waals surface area contributed by atoms with E-state index in [9.17, 15) is 8.42 Å². The van der Waals surface area contributed by atoms with Crippen molar-refractivity contribution in [2.45, 2.75) is 24.6 Å². The lowest BCUT2D eigenvalue weighted by Gasteiger charge is -2.05. The molecule has 1 aliphatic carbocycles. The summed E-state index contributed by atoms with van der Waals surface area (Å²) in [6.45, 7) is 0.282. The number of aromatic nitrogens is 1. The fourth-order valence-corrected chi connectivity index (χ4v) is 3.14. The van der Waals surface area contributed by atoms with Crippen LogP contribution in [0.5, 0.6) is 0 Å². The van der Waals surface area contributed by atoms with E-state index in [1.165, 1.54) is 0 Å². The lowest BCUT2D eigenvalue weighted by atomic mass is 10.2. The van der Waals surface area contributed by atoms with Crippen molar-refractivity contribution in [3.63, 3.8) is 0 Å². The van der Waals surface area contributed by atoms with Gasteiger partial charge >= 0.3 is 0 Å². The molecule has 0 aromatic carbocycles. The van der Waals surface area contributed by atoms with Gasteiger partial charge in [-0.25, -0.2) is 13.1 Å². The molecule has 0 bridgehead atoms. The summed E-state index contributed by atoms with van der Waals surface area (Å²) in [7, 11) is -3.13. The molecule has 0 aliphatic heterocycles. The van der Waals surface area contributed by atoms with E-state index in [-0.39, 0.29) is 11.8 Å². The van der Waals surface area contributed by atoms with Crippen LogP contribution in [0.15, 0.2) is 41.1 Å². The third-order valence-corrected chi connectivity index (χ3v) is 4.93. The summed E-state index contributed by atoms with van der Waals surface area (Å²) in [6.07, 6.45) is 4.79. The van der Waals surface area contributed by atoms with Gasteiger partial charge in [0, 0.05) is 12.7 Å². The molecule has 2 heterocycles. The van der Waals surface area contributed by atoms with Crippen LogP contribution in [0.1, 0.15) is 18.4 Å². The van der Waals surface area contributed by atoms with Crippen molar-refractivity contribution in [1.29, 1.82) is 0 Å². The summed E-state index contributed by atoms with van der Waals surface area (Å²) in [4.78, 5) is 4.25. The van der Waals surface area contributed by atoms with Gasteiger partial charge in [0.15, 0.2) is 5.76 Å². The first-order valence-electron chi connectivity index (χ1n) is 6.12. The van der Waals surface area contributed by atoms with Crippen LogP contribution in [0.25, 0.3) is 11.5 Å². The Morgan fingerprint density at radius 2 is 2.16 bits per heavy atom. The second-order valence-electron chi connectivity index (χ2n) is 4.59. The van der Waals surface area contributed by atoms with E-state index in [1.54, 1.807) is 18.5 Å². The summed E-state index contributed by atoms with van der Waals surface area (Å²) in [5, 5.41) is -0.192. The smallest absolute Gasteiger partial charge is 0.214 e. The van der Waals surface area contributed by atoms with Crippen molar-refractivity contribution in [1.82, 2.24) is 9.71 Å². The maximum atomic E-state index is 11.7. The Morgan fingerprint density at radius 1 is 1.32 bits per heavy atom. The topological polar surface area (TPSA) is 72.2 Å². The minimum Gasteiger partial charge on any atom is -0.463 e. The molecular formula is C13H14N2O3S. The van der Waals surface area contributed by atoms with Crippen LogP contribution in [0.3, 0.4) is 0 Å². The Morgan fingerprint density at radius 3 is 2.74 bits per heavy atom. The van der Waals surface area contributed by atoms with Crippen LogP contribution in [0.2, 0.25) is 0 Å². The lowest BCUT2D eigenvalue weighted by molar-refractivity contribution is 0.578. The largest absolute Gasteiger partial charge is 0.463 e. The van der Waals surface area contributed by atoms with Crippen LogP contribution in [-0.4, -0.2) is 18.7 Å². The molecule has 100 valence electrons. The highest BCUT2D eigenvalue weighted by molar-refractivity contribution is 7.90. The SMILES string of the molecule is O=S(=O)(NCc1ccc(-c2ccco2)nc1)C1CC1. The minimum absolute atomic E-state index is 0.192. The van der Waals surface area contributed by atoms with Gasteiger partial charge in [0.2, 0.25) is 10.0 Å². The van der Waals surface area contributed by atoms with Crippen molar-refractivity contribution < 1.29 is 12.8 Å².